The van der Waals surface area contributed by atoms with Crippen molar-refractivity contribution in [2.45, 2.75) is 25.9 Å². The lowest BCUT2D eigenvalue weighted by Gasteiger charge is -2.26. The Morgan fingerprint density at radius 1 is 1.29 bits per heavy atom. The van der Waals surface area contributed by atoms with Gasteiger partial charge in [0.2, 0.25) is 0 Å². The molecule has 1 aliphatic rings. The number of nitrogens with zero attached hydrogens (tertiary/aromatic N) is 1. The van der Waals surface area contributed by atoms with E-state index < -0.39 is 23.5 Å². The van der Waals surface area contributed by atoms with E-state index in [9.17, 15) is 19.1 Å². The molecule has 0 aliphatic carbocycles. The molecule has 2 heterocycles. The van der Waals surface area contributed by atoms with Gasteiger partial charge in [-0.3, -0.25) is 9.59 Å². The minimum atomic E-state index is -0.768. The summed E-state index contributed by atoms with van der Waals surface area (Å²) in [6, 6.07) is 8.15. The van der Waals surface area contributed by atoms with Crippen LogP contribution in [0, 0.1) is 5.82 Å². The highest BCUT2D eigenvalue weighted by atomic mass is 19.1. The van der Waals surface area contributed by atoms with E-state index in [0.717, 1.165) is 0 Å². The van der Waals surface area contributed by atoms with Gasteiger partial charge in [-0.2, -0.15) is 0 Å². The van der Waals surface area contributed by atoms with Crippen molar-refractivity contribution in [1.29, 1.82) is 0 Å². The van der Waals surface area contributed by atoms with Crippen LogP contribution >= 0.6 is 0 Å². The Kier molecular flexibility index (Phi) is 4.20. The predicted octanol–water partition coefficient (Wildman–Crippen LogP) is 3.29. The summed E-state index contributed by atoms with van der Waals surface area (Å²) in [4.78, 5) is 26.1. The summed E-state index contributed by atoms with van der Waals surface area (Å²) in [6.07, 6.45) is 1.63. The lowest BCUT2D eigenvalue weighted by molar-refractivity contribution is -0.130. The van der Waals surface area contributed by atoms with Crippen LogP contribution in [0.2, 0.25) is 0 Å². The molecule has 3 rings (SSSR count). The first kappa shape index (κ1) is 16.0. The van der Waals surface area contributed by atoms with Gasteiger partial charge in [-0.25, -0.2) is 4.39 Å². The fraction of sp³-hybridized carbons (Fsp3) is 0.222. The minimum absolute atomic E-state index is 0.0423. The molecule has 1 aromatic carbocycles. The average molecular weight is 329 g/mol. The molecule has 5 nitrogen and oxygen atoms in total. The van der Waals surface area contributed by atoms with Crippen LogP contribution < -0.4 is 0 Å². The van der Waals surface area contributed by atoms with Crippen LogP contribution in [0.1, 0.15) is 30.7 Å². The van der Waals surface area contributed by atoms with Gasteiger partial charge in [0, 0.05) is 6.42 Å². The van der Waals surface area contributed by atoms with Crippen LogP contribution in [0.5, 0.6) is 0 Å². The summed E-state index contributed by atoms with van der Waals surface area (Å²) in [6.45, 7) is 1.75. The molecule has 0 fully saturated rings. The van der Waals surface area contributed by atoms with Gasteiger partial charge in [0.15, 0.2) is 11.5 Å². The maximum atomic E-state index is 13.2. The lowest BCUT2D eigenvalue weighted by atomic mass is 9.95. The van der Waals surface area contributed by atoms with E-state index in [-0.39, 0.29) is 24.3 Å². The number of carbonyl (C=O) groups is 2. The molecule has 1 atom stereocenters. The van der Waals surface area contributed by atoms with Gasteiger partial charge in [0.25, 0.3) is 5.91 Å². The zero-order valence-corrected chi connectivity index (χ0v) is 13.0. The second-order valence-electron chi connectivity index (χ2n) is 5.51. The van der Waals surface area contributed by atoms with E-state index in [1.54, 1.807) is 19.1 Å². The summed E-state index contributed by atoms with van der Waals surface area (Å²) >= 11 is 0. The number of benzene rings is 1. The number of Topliss-reactive ketones (excluding diaryl/α,β-unsaturated/α-hetero) is 1. The summed E-state index contributed by atoms with van der Waals surface area (Å²) in [5.41, 5.74) is 0.595. The topological polar surface area (TPSA) is 70.8 Å². The van der Waals surface area contributed by atoms with Crippen LogP contribution in [0.15, 0.2) is 58.4 Å². The highest BCUT2D eigenvalue weighted by molar-refractivity contribution is 6.08. The first-order chi connectivity index (χ1) is 11.5. The van der Waals surface area contributed by atoms with E-state index >= 15 is 0 Å². The fourth-order valence-corrected chi connectivity index (χ4v) is 2.85. The largest absolute Gasteiger partial charge is 0.503 e. The molecule has 2 aromatic rings. The monoisotopic (exact) mass is 329 g/mol. The van der Waals surface area contributed by atoms with Crippen molar-refractivity contribution in [2.24, 2.45) is 0 Å². The van der Waals surface area contributed by atoms with E-state index in [0.29, 0.717) is 11.3 Å². The second kappa shape index (κ2) is 6.31. The van der Waals surface area contributed by atoms with Crippen molar-refractivity contribution in [3.8, 4) is 0 Å². The van der Waals surface area contributed by atoms with Crippen molar-refractivity contribution in [3.05, 3.63) is 71.1 Å². The Labute approximate surface area is 138 Å². The van der Waals surface area contributed by atoms with Crippen molar-refractivity contribution < 1.29 is 23.5 Å². The molecule has 0 spiro atoms. The number of furan rings is 1. The Morgan fingerprint density at radius 3 is 2.58 bits per heavy atom. The van der Waals surface area contributed by atoms with Crippen molar-refractivity contribution in [1.82, 2.24) is 4.90 Å². The van der Waals surface area contributed by atoms with Crippen molar-refractivity contribution in [3.63, 3.8) is 0 Å². The lowest BCUT2D eigenvalue weighted by Crippen LogP contribution is -2.30. The Bertz CT molecular complexity index is 793. The zero-order chi connectivity index (χ0) is 17.3. The van der Waals surface area contributed by atoms with Crippen LogP contribution in [-0.2, 0) is 16.1 Å². The van der Waals surface area contributed by atoms with E-state index in [2.05, 4.69) is 0 Å². The Morgan fingerprint density at radius 2 is 2.00 bits per heavy atom. The summed E-state index contributed by atoms with van der Waals surface area (Å²) in [5.74, 6) is -1.41. The molecule has 0 bridgehead atoms. The van der Waals surface area contributed by atoms with Gasteiger partial charge < -0.3 is 14.4 Å². The Balaban J connectivity index is 2.05. The van der Waals surface area contributed by atoms with Crippen molar-refractivity contribution in [2.75, 3.05) is 0 Å². The van der Waals surface area contributed by atoms with Gasteiger partial charge in [0.1, 0.15) is 11.6 Å². The SMILES string of the molecule is CCC(=O)C1=C(O)C(=O)N(Cc2ccco2)C1c1ccc(F)cc1. The summed E-state index contributed by atoms with van der Waals surface area (Å²) < 4.78 is 18.5. The molecule has 124 valence electrons. The van der Waals surface area contributed by atoms with Crippen molar-refractivity contribution >= 4 is 11.7 Å². The van der Waals surface area contributed by atoms with Gasteiger partial charge >= 0.3 is 0 Å². The molecule has 1 aliphatic heterocycles. The fourth-order valence-electron chi connectivity index (χ4n) is 2.85. The number of carbonyl (C=O) groups excluding carboxylic acids is 2. The van der Waals surface area contributed by atoms with E-state index in [1.165, 1.54) is 35.4 Å². The third-order valence-corrected chi connectivity index (χ3v) is 4.02. The Hall–Kier alpha value is -2.89. The third-order valence-electron chi connectivity index (χ3n) is 4.02. The number of ketones is 1. The van der Waals surface area contributed by atoms with Crippen LogP contribution in [0.25, 0.3) is 0 Å². The van der Waals surface area contributed by atoms with Gasteiger partial charge in [-0.1, -0.05) is 19.1 Å². The summed E-state index contributed by atoms with van der Waals surface area (Å²) in [5, 5.41) is 10.2. The number of hydrogen-bond donors (Lipinski definition) is 1. The standard InChI is InChI=1S/C18H16FNO4/c1-2-14(21)15-16(11-5-7-12(19)8-6-11)20(18(23)17(15)22)10-13-4-3-9-24-13/h3-9,16,22H,2,10H2,1H3. The predicted molar refractivity (Wildman–Crippen MR) is 83.4 cm³/mol. The van der Waals surface area contributed by atoms with Crippen LogP contribution in [0.3, 0.4) is 0 Å². The number of amides is 1. The number of halogens is 1. The number of aliphatic hydroxyl groups excluding tert-OH is 1. The molecule has 24 heavy (non-hydrogen) atoms. The summed E-state index contributed by atoms with van der Waals surface area (Å²) in [7, 11) is 0. The van der Waals surface area contributed by atoms with E-state index in [4.69, 9.17) is 4.42 Å². The molecule has 1 N–H and O–H groups in total. The molecule has 1 aromatic heterocycles. The average Bonchev–Trinajstić information content (AvgIpc) is 3.17. The highest BCUT2D eigenvalue weighted by Crippen LogP contribution is 2.39. The van der Waals surface area contributed by atoms with Gasteiger partial charge in [0.05, 0.1) is 24.4 Å². The van der Waals surface area contributed by atoms with Gasteiger partial charge in [-0.05, 0) is 29.8 Å². The first-order valence-corrected chi connectivity index (χ1v) is 7.58. The maximum absolute atomic E-state index is 13.2. The number of hydrogen-bond acceptors (Lipinski definition) is 4. The maximum Gasteiger partial charge on any atom is 0.290 e. The van der Waals surface area contributed by atoms with Gasteiger partial charge in [-0.15, -0.1) is 0 Å². The molecule has 0 saturated heterocycles. The van der Waals surface area contributed by atoms with E-state index in [1.807, 2.05) is 0 Å². The molecular formula is C18H16FNO4. The smallest absolute Gasteiger partial charge is 0.290 e. The third kappa shape index (κ3) is 2.71. The number of rotatable bonds is 5. The molecule has 1 unspecified atom stereocenters. The minimum Gasteiger partial charge on any atom is -0.503 e. The molecule has 0 radical (unpaired) electrons. The normalized spacial score (nSPS) is 17.7. The van der Waals surface area contributed by atoms with Crippen LogP contribution in [0.4, 0.5) is 4.39 Å². The highest BCUT2D eigenvalue weighted by Gasteiger charge is 2.43. The number of aliphatic hydroxyl groups is 1. The quantitative estimate of drug-likeness (QED) is 0.914. The molecule has 1 amide bonds. The first-order valence-electron chi connectivity index (χ1n) is 7.58. The van der Waals surface area contributed by atoms with Crippen LogP contribution in [-0.4, -0.2) is 21.7 Å². The molecule has 0 saturated carbocycles. The molecular weight excluding hydrogens is 313 g/mol. The molecule has 6 heteroatoms. The second-order valence-corrected chi connectivity index (χ2v) is 5.51. The zero-order valence-electron chi connectivity index (χ0n) is 13.0.